The normalized spacial score (nSPS) is 48.7. The Morgan fingerprint density at radius 1 is 1.50 bits per heavy atom. The molecule has 0 heterocycles. The quantitative estimate of drug-likeness (QED) is 0.429. The summed E-state index contributed by atoms with van der Waals surface area (Å²) in [6.45, 7) is 4.33. The molecule has 4 atom stereocenters. The van der Waals surface area contributed by atoms with Gasteiger partial charge in [0.25, 0.3) is 0 Å². The Hall–Kier alpha value is -0.590. The molecule has 0 radical (unpaired) electrons. The van der Waals surface area contributed by atoms with Crippen molar-refractivity contribution in [2.24, 2.45) is 23.7 Å². The topological polar surface area (TPSA) is 17.1 Å². The molecule has 0 N–H and O–H groups in total. The third kappa shape index (κ3) is 0.886. The fourth-order valence-electron chi connectivity index (χ4n) is 3.05. The second-order valence-corrected chi connectivity index (χ2v) is 4.24. The van der Waals surface area contributed by atoms with Gasteiger partial charge in [-0.25, -0.2) is 0 Å². The van der Waals surface area contributed by atoms with Gasteiger partial charge in [-0.2, -0.15) is 0 Å². The Morgan fingerprint density at radius 3 is 2.75 bits per heavy atom. The van der Waals surface area contributed by atoms with Gasteiger partial charge in [-0.05, 0) is 37.5 Å². The van der Waals surface area contributed by atoms with Crippen LogP contribution in [0.1, 0.15) is 26.7 Å². The molecular weight excluding hydrogens is 148 g/mol. The first-order chi connectivity index (χ1) is 5.77. The monoisotopic (exact) mass is 164 g/mol. The van der Waals surface area contributed by atoms with Crippen LogP contribution in [0.15, 0.2) is 11.6 Å². The summed E-state index contributed by atoms with van der Waals surface area (Å²) in [4.78, 5) is 10.8. The number of hydrogen-bond donors (Lipinski definition) is 0. The first kappa shape index (κ1) is 8.03. The van der Waals surface area contributed by atoms with E-state index in [1.54, 1.807) is 0 Å². The number of hydrogen-bond acceptors (Lipinski definition) is 1. The van der Waals surface area contributed by atoms with Crippen LogP contribution in [-0.2, 0) is 4.79 Å². The van der Waals surface area contributed by atoms with Gasteiger partial charge in [0.2, 0.25) is 0 Å². The number of fused-ring (bicyclic) bond motifs is 2. The molecule has 2 fully saturated rings. The molecule has 0 saturated heterocycles. The van der Waals surface area contributed by atoms with Crippen LogP contribution in [0.3, 0.4) is 0 Å². The van der Waals surface area contributed by atoms with E-state index >= 15 is 0 Å². The van der Waals surface area contributed by atoms with Crippen molar-refractivity contribution >= 4 is 6.29 Å². The molecule has 2 aliphatic carbocycles. The average Bonchev–Trinajstić information content (AvgIpc) is 2.61. The van der Waals surface area contributed by atoms with E-state index in [1.807, 2.05) is 0 Å². The molecule has 12 heavy (non-hydrogen) atoms. The Kier molecular flexibility index (Phi) is 1.82. The molecule has 66 valence electrons. The molecular formula is C11H16O. The third-order valence-corrected chi connectivity index (χ3v) is 3.87. The number of allylic oxidation sites excluding steroid dienone is 2. The van der Waals surface area contributed by atoms with Gasteiger partial charge in [-0.1, -0.05) is 18.6 Å². The minimum atomic E-state index is 0.329. The van der Waals surface area contributed by atoms with Crippen LogP contribution >= 0.6 is 0 Å². The second kappa shape index (κ2) is 2.72. The van der Waals surface area contributed by atoms with Gasteiger partial charge >= 0.3 is 0 Å². The Balaban J connectivity index is 2.25. The summed E-state index contributed by atoms with van der Waals surface area (Å²) in [5.41, 5.74) is 1.54. The lowest BCUT2D eigenvalue weighted by Gasteiger charge is -2.25. The fourth-order valence-corrected chi connectivity index (χ4v) is 3.05. The maximum absolute atomic E-state index is 10.8. The molecule has 4 unspecified atom stereocenters. The predicted molar refractivity (Wildman–Crippen MR) is 48.7 cm³/mol. The number of aldehydes is 1. The Bertz CT molecular complexity index is 229. The van der Waals surface area contributed by atoms with Crippen molar-refractivity contribution < 1.29 is 4.79 Å². The fraction of sp³-hybridized carbons (Fsp3) is 0.727. The standard InChI is InChI=1S/C11H16O/c1-3-8-4-9-5-10(8)11(6-12)7(9)2/h3,6-7,9-11H,4-5H2,1-2H3. The average molecular weight is 164 g/mol. The first-order valence-electron chi connectivity index (χ1n) is 4.88. The summed E-state index contributed by atoms with van der Waals surface area (Å²) in [6, 6.07) is 0. The lowest BCUT2D eigenvalue weighted by atomic mass is 9.78. The minimum absolute atomic E-state index is 0.329. The van der Waals surface area contributed by atoms with Crippen molar-refractivity contribution in [2.75, 3.05) is 0 Å². The zero-order valence-corrected chi connectivity index (χ0v) is 7.79. The summed E-state index contributed by atoms with van der Waals surface area (Å²) in [5.74, 6) is 2.37. The van der Waals surface area contributed by atoms with Gasteiger partial charge in [0.1, 0.15) is 6.29 Å². The van der Waals surface area contributed by atoms with Crippen molar-refractivity contribution in [3.05, 3.63) is 11.6 Å². The zero-order chi connectivity index (χ0) is 8.72. The number of rotatable bonds is 1. The summed E-state index contributed by atoms with van der Waals surface area (Å²) < 4.78 is 0. The highest BCUT2D eigenvalue weighted by molar-refractivity contribution is 5.57. The predicted octanol–water partition coefficient (Wildman–Crippen LogP) is 2.42. The van der Waals surface area contributed by atoms with Crippen LogP contribution in [0.2, 0.25) is 0 Å². The number of carbonyl (C=O) groups excluding carboxylic acids is 1. The van der Waals surface area contributed by atoms with Crippen LogP contribution < -0.4 is 0 Å². The van der Waals surface area contributed by atoms with E-state index in [0.29, 0.717) is 17.8 Å². The second-order valence-electron chi connectivity index (χ2n) is 4.24. The van der Waals surface area contributed by atoms with Gasteiger partial charge in [0.05, 0.1) is 0 Å². The zero-order valence-electron chi connectivity index (χ0n) is 7.79. The lowest BCUT2D eigenvalue weighted by molar-refractivity contribution is -0.113. The van der Waals surface area contributed by atoms with Crippen molar-refractivity contribution in [1.29, 1.82) is 0 Å². The Labute approximate surface area is 73.8 Å². The van der Waals surface area contributed by atoms with Crippen LogP contribution in [0.25, 0.3) is 0 Å². The van der Waals surface area contributed by atoms with Crippen molar-refractivity contribution in [2.45, 2.75) is 26.7 Å². The molecule has 2 bridgehead atoms. The maximum Gasteiger partial charge on any atom is 0.123 e. The highest BCUT2D eigenvalue weighted by Crippen LogP contribution is 2.53. The smallest absolute Gasteiger partial charge is 0.123 e. The van der Waals surface area contributed by atoms with E-state index in [1.165, 1.54) is 24.7 Å². The SMILES string of the molecule is CC=C1CC2CC1C(C=O)C2C. The van der Waals surface area contributed by atoms with Crippen molar-refractivity contribution in [3.8, 4) is 0 Å². The van der Waals surface area contributed by atoms with E-state index in [-0.39, 0.29) is 0 Å². The summed E-state index contributed by atoms with van der Waals surface area (Å²) >= 11 is 0. The molecule has 0 amide bonds. The van der Waals surface area contributed by atoms with Crippen LogP contribution in [-0.4, -0.2) is 6.29 Å². The summed E-state index contributed by atoms with van der Waals surface area (Å²) in [7, 11) is 0. The molecule has 0 aliphatic heterocycles. The van der Waals surface area contributed by atoms with Crippen LogP contribution in [0.4, 0.5) is 0 Å². The van der Waals surface area contributed by atoms with E-state index in [2.05, 4.69) is 19.9 Å². The summed E-state index contributed by atoms with van der Waals surface area (Å²) in [6.07, 6.45) is 5.92. The molecule has 0 aromatic carbocycles. The van der Waals surface area contributed by atoms with Crippen LogP contribution in [0.5, 0.6) is 0 Å². The lowest BCUT2D eigenvalue weighted by Crippen LogP contribution is -2.22. The number of carbonyl (C=O) groups is 1. The molecule has 2 rings (SSSR count). The van der Waals surface area contributed by atoms with E-state index in [4.69, 9.17) is 0 Å². The molecule has 1 heteroatoms. The molecule has 2 aliphatic rings. The van der Waals surface area contributed by atoms with Gasteiger partial charge in [-0.15, -0.1) is 0 Å². The third-order valence-electron chi connectivity index (χ3n) is 3.87. The van der Waals surface area contributed by atoms with Gasteiger partial charge in [0, 0.05) is 5.92 Å². The molecule has 0 aromatic rings. The first-order valence-corrected chi connectivity index (χ1v) is 4.88. The summed E-state index contributed by atoms with van der Waals surface area (Å²) in [5, 5.41) is 0. The Morgan fingerprint density at radius 2 is 2.25 bits per heavy atom. The largest absolute Gasteiger partial charge is 0.303 e. The van der Waals surface area contributed by atoms with Crippen molar-refractivity contribution in [3.63, 3.8) is 0 Å². The maximum atomic E-state index is 10.8. The highest BCUT2D eigenvalue weighted by atomic mass is 16.1. The molecule has 1 nitrogen and oxygen atoms in total. The van der Waals surface area contributed by atoms with E-state index < -0.39 is 0 Å². The highest BCUT2D eigenvalue weighted by Gasteiger charge is 2.47. The molecule has 2 saturated carbocycles. The molecule has 0 aromatic heterocycles. The molecule has 0 spiro atoms. The van der Waals surface area contributed by atoms with Crippen LogP contribution in [0, 0.1) is 23.7 Å². The van der Waals surface area contributed by atoms with Gasteiger partial charge in [0.15, 0.2) is 0 Å². The van der Waals surface area contributed by atoms with Gasteiger partial charge in [-0.3, -0.25) is 0 Å². The van der Waals surface area contributed by atoms with Gasteiger partial charge < -0.3 is 4.79 Å². The van der Waals surface area contributed by atoms with Crippen molar-refractivity contribution in [1.82, 2.24) is 0 Å². The minimum Gasteiger partial charge on any atom is -0.303 e. The van der Waals surface area contributed by atoms with E-state index in [9.17, 15) is 4.79 Å². The van der Waals surface area contributed by atoms with E-state index in [0.717, 1.165) is 5.92 Å².